The van der Waals surface area contributed by atoms with Crippen LogP contribution in [-0.2, 0) is 4.79 Å². The van der Waals surface area contributed by atoms with E-state index in [4.69, 9.17) is 0 Å². The zero-order valence-corrected chi connectivity index (χ0v) is 9.60. The van der Waals surface area contributed by atoms with Crippen LogP contribution in [0.15, 0.2) is 42.5 Å². The van der Waals surface area contributed by atoms with E-state index in [1.807, 2.05) is 17.9 Å². The molecule has 16 heavy (non-hydrogen) atoms. The molecule has 0 aromatic heterocycles. The summed E-state index contributed by atoms with van der Waals surface area (Å²) in [5.74, 6) is 0.649. The van der Waals surface area contributed by atoms with Gasteiger partial charge in [0.25, 0.3) is 0 Å². The van der Waals surface area contributed by atoms with Crippen molar-refractivity contribution in [1.82, 2.24) is 4.90 Å². The number of likely N-dealkylation sites (tertiary alicyclic amines) is 1. The Hall–Kier alpha value is -1.57. The highest BCUT2D eigenvalue weighted by atomic mass is 16.2. The van der Waals surface area contributed by atoms with Gasteiger partial charge >= 0.3 is 0 Å². The van der Waals surface area contributed by atoms with Crippen LogP contribution in [0.1, 0.15) is 24.8 Å². The first-order valence-electron chi connectivity index (χ1n) is 5.78. The Morgan fingerprint density at radius 2 is 2.12 bits per heavy atom. The predicted octanol–water partition coefficient (Wildman–Crippen LogP) is 2.58. The van der Waals surface area contributed by atoms with Gasteiger partial charge in [0.15, 0.2) is 0 Å². The van der Waals surface area contributed by atoms with E-state index >= 15 is 0 Å². The van der Waals surface area contributed by atoms with Gasteiger partial charge in [-0.2, -0.15) is 0 Å². The average Bonchev–Trinajstić information content (AvgIpc) is 2.80. The van der Waals surface area contributed by atoms with E-state index in [0.29, 0.717) is 5.92 Å². The largest absolute Gasteiger partial charge is 0.339 e. The minimum atomic E-state index is 0.140. The molecular formula is C14H17NO. The van der Waals surface area contributed by atoms with Crippen LogP contribution in [0.3, 0.4) is 0 Å². The van der Waals surface area contributed by atoms with Crippen LogP contribution in [0.2, 0.25) is 0 Å². The summed E-state index contributed by atoms with van der Waals surface area (Å²) >= 11 is 0. The zero-order chi connectivity index (χ0) is 11.4. The summed E-state index contributed by atoms with van der Waals surface area (Å²) in [6, 6.07) is 10.4. The highest BCUT2D eigenvalue weighted by Gasteiger charge is 2.25. The van der Waals surface area contributed by atoms with E-state index in [1.54, 1.807) is 12.2 Å². The third-order valence-corrected chi connectivity index (χ3v) is 3.08. The highest BCUT2D eigenvalue weighted by molar-refractivity contribution is 5.87. The fourth-order valence-corrected chi connectivity index (χ4v) is 2.21. The maximum atomic E-state index is 11.7. The summed E-state index contributed by atoms with van der Waals surface area (Å²) in [5.41, 5.74) is 1.35. The molecule has 1 aromatic carbocycles. The molecule has 0 N–H and O–H groups in total. The number of hydrogen-bond donors (Lipinski definition) is 0. The SMILES string of the molecule is CC=CC(=O)N1CCC(c2ccccc2)C1. The Labute approximate surface area is 96.6 Å². The van der Waals surface area contributed by atoms with Crippen molar-refractivity contribution in [2.75, 3.05) is 13.1 Å². The van der Waals surface area contributed by atoms with E-state index in [2.05, 4.69) is 24.3 Å². The number of carbonyl (C=O) groups excluding carboxylic acids is 1. The van der Waals surface area contributed by atoms with Gasteiger partial charge in [-0.1, -0.05) is 36.4 Å². The van der Waals surface area contributed by atoms with Gasteiger partial charge in [0.1, 0.15) is 0 Å². The average molecular weight is 215 g/mol. The molecule has 0 aliphatic carbocycles. The maximum Gasteiger partial charge on any atom is 0.246 e. The molecule has 1 aliphatic heterocycles. The number of amides is 1. The molecule has 84 valence electrons. The Balaban J connectivity index is 2.01. The van der Waals surface area contributed by atoms with Gasteiger partial charge in [-0.3, -0.25) is 4.79 Å². The van der Waals surface area contributed by atoms with Crippen molar-refractivity contribution in [2.45, 2.75) is 19.3 Å². The van der Waals surface area contributed by atoms with Gasteiger partial charge in [0, 0.05) is 19.0 Å². The fourth-order valence-electron chi connectivity index (χ4n) is 2.21. The summed E-state index contributed by atoms with van der Waals surface area (Å²) < 4.78 is 0. The minimum absolute atomic E-state index is 0.140. The van der Waals surface area contributed by atoms with Gasteiger partial charge in [-0.05, 0) is 25.0 Å². The Morgan fingerprint density at radius 3 is 2.81 bits per heavy atom. The lowest BCUT2D eigenvalue weighted by Gasteiger charge is -2.14. The van der Waals surface area contributed by atoms with Crippen LogP contribution >= 0.6 is 0 Å². The molecule has 1 heterocycles. The van der Waals surface area contributed by atoms with Gasteiger partial charge in [-0.15, -0.1) is 0 Å². The number of rotatable bonds is 2. The van der Waals surface area contributed by atoms with Crippen LogP contribution in [0, 0.1) is 0 Å². The lowest BCUT2D eigenvalue weighted by molar-refractivity contribution is -0.125. The number of allylic oxidation sites excluding steroid dienone is 1. The van der Waals surface area contributed by atoms with E-state index < -0.39 is 0 Å². The number of nitrogens with zero attached hydrogens (tertiary/aromatic N) is 1. The highest BCUT2D eigenvalue weighted by Crippen LogP contribution is 2.26. The van der Waals surface area contributed by atoms with Crippen molar-refractivity contribution < 1.29 is 4.79 Å². The Morgan fingerprint density at radius 1 is 1.38 bits per heavy atom. The maximum absolute atomic E-state index is 11.7. The van der Waals surface area contributed by atoms with Crippen LogP contribution < -0.4 is 0 Å². The van der Waals surface area contributed by atoms with Crippen molar-refractivity contribution in [3.05, 3.63) is 48.0 Å². The molecule has 2 heteroatoms. The van der Waals surface area contributed by atoms with Gasteiger partial charge in [0.2, 0.25) is 5.91 Å². The summed E-state index contributed by atoms with van der Waals surface area (Å²) in [5, 5.41) is 0. The second kappa shape index (κ2) is 4.97. The van der Waals surface area contributed by atoms with Crippen molar-refractivity contribution in [1.29, 1.82) is 0 Å². The monoisotopic (exact) mass is 215 g/mol. The summed E-state index contributed by atoms with van der Waals surface area (Å²) in [6.07, 6.45) is 4.53. The van der Waals surface area contributed by atoms with E-state index in [1.165, 1.54) is 5.56 Å². The lowest BCUT2D eigenvalue weighted by atomic mass is 9.99. The molecular weight excluding hydrogens is 198 g/mol. The van der Waals surface area contributed by atoms with E-state index in [0.717, 1.165) is 19.5 Å². The third kappa shape index (κ3) is 2.32. The quantitative estimate of drug-likeness (QED) is 0.694. The zero-order valence-electron chi connectivity index (χ0n) is 9.60. The molecule has 2 nitrogen and oxygen atoms in total. The molecule has 0 radical (unpaired) electrons. The van der Waals surface area contributed by atoms with Crippen molar-refractivity contribution in [2.24, 2.45) is 0 Å². The molecule has 1 atom stereocenters. The van der Waals surface area contributed by atoms with Crippen LogP contribution in [-0.4, -0.2) is 23.9 Å². The number of benzene rings is 1. The van der Waals surface area contributed by atoms with Crippen LogP contribution in [0.4, 0.5) is 0 Å². The molecule has 1 saturated heterocycles. The molecule has 0 saturated carbocycles. The summed E-state index contributed by atoms with van der Waals surface area (Å²) in [7, 11) is 0. The number of hydrogen-bond acceptors (Lipinski definition) is 1. The van der Waals surface area contributed by atoms with E-state index in [-0.39, 0.29) is 5.91 Å². The first-order chi connectivity index (χ1) is 7.81. The van der Waals surface area contributed by atoms with Gasteiger partial charge in [-0.25, -0.2) is 0 Å². The summed E-state index contributed by atoms with van der Waals surface area (Å²) in [4.78, 5) is 13.6. The first kappa shape index (κ1) is 10.9. The van der Waals surface area contributed by atoms with Gasteiger partial charge < -0.3 is 4.90 Å². The molecule has 0 spiro atoms. The first-order valence-corrected chi connectivity index (χ1v) is 5.78. The van der Waals surface area contributed by atoms with Crippen molar-refractivity contribution in [3.63, 3.8) is 0 Å². The second-order valence-electron chi connectivity index (χ2n) is 4.18. The number of carbonyl (C=O) groups is 1. The van der Waals surface area contributed by atoms with Gasteiger partial charge in [0.05, 0.1) is 0 Å². The molecule has 1 fully saturated rings. The Kier molecular flexibility index (Phi) is 3.40. The smallest absolute Gasteiger partial charge is 0.246 e. The predicted molar refractivity (Wildman–Crippen MR) is 65.2 cm³/mol. The Bertz CT molecular complexity index is 383. The molecule has 1 aromatic rings. The third-order valence-electron chi connectivity index (χ3n) is 3.08. The normalized spacial score (nSPS) is 20.6. The molecule has 1 unspecified atom stereocenters. The molecule has 0 bridgehead atoms. The van der Waals surface area contributed by atoms with Crippen LogP contribution in [0.25, 0.3) is 0 Å². The van der Waals surface area contributed by atoms with Crippen LogP contribution in [0.5, 0.6) is 0 Å². The van der Waals surface area contributed by atoms with Crippen molar-refractivity contribution >= 4 is 5.91 Å². The minimum Gasteiger partial charge on any atom is -0.339 e. The summed E-state index contributed by atoms with van der Waals surface area (Å²) in [6.45, 7) is 3.61. The second-order valence-corrected chi connectivity index (χ2v) is 4.18. The molecule has 1 amide bonds. The van der Waals surface area contributed by atoms with E-state index in [9.17, 15) is 4.79 Å². The topological polar surface area (TPSA) is 20.3 Å². The molecule has 1 aliphatic rings. The standard InChI is InChI=1S/C14H17NO/c1-2-6-14(16)15-10-9-13(11-15)12-7-4-3-5-8-12/h2-8,13H,9-11H2,1H3. The van der Waals surface area contributed by atoms with Crippen molar-refractivity contribution in [3.8, 4) is 0 Å². The fraction of sp³-hybridized carbons (Fsp3) is 0.357. The lowest BCUT2D eigenvalue weighted by Crippen LogP contribution is -2.26. The molecule has 2 rings (SSSR count).